The lowest BCUT2D eigenvalue weighted by Gasteiger charge is -2.14. The molecular formula is C17H21F3N2O3S. The van der Waals surface area contributed by atoms with Crippen LogP contribution in [0.5, 0.6) is 0 Å². The van der Waals surface area contributed by atoms with E-state index in [0.29, 0.717) is 12.5 Å². The topological polar surface area (TPSA) is 68.2 Å². The number of hydrogen-bond donors (Lipinski definition) is 1. The molecular weight excluding hydrogens is 369 g/mol. The SMILES string of the molecule is CCCCCCNS(=O)(=O)c1ccc2c(c1)c(C(F)(F)F)cc(=O)n2C. The fourth-order valence-electron chi connectivity index (χ4n) is 2.68. The van der Waals surface area contributed by atoms with Gasteiger partial charge in [-0.05, 0) is 24.6 Å². The number of unbranched alkanes of at least 4 members (excludes halogenated alkanes) is 3. The second-order valence-electron chi connectivity index (χ2n) is 6.09. The second kappa shape index (κ2) is 7.79. The Labute approximate surface area is 149 Å². The smallest absolute Gasteiger partial charge is 0.311 e. The van der Waals surface area contributed by atoms with Gasteiger partial charge in [0.15, 0.2) is 0 Å². The fourth-order valence-corrected chi connectivity index (χ4v) is 3.78. The van der Waals surface area contributed by atoms with Crippen LogP contribution in [0.1, 0.15) is 38.2 Å². The molecule has 1 aromatic heterocycles. The number of pyridine rings is 1. The summed E-state index contributed by atoms with van der Waals surface area (Å²) in [5.41, 5.74) is -1.93. The zero-order valence-electron chi connectivity index (χ0n) is 14.6. The highest BCUT2D eigenvalue weighted by Crippen LogP contribution is 2.34. The van der Waals surface area contributed by atoms with Crippen molar-refractivity contribution in [2.24, 2.45) is 7.05 Å². The van der Waals surface area contributed by atoms with Gasteiger partial charge in [0.25, 0.3) is 5.56 Å². The van der Waals surface area contributed by atoms with Gasteiger partial charge in [-0.3, -0.25) is 4.79 Å². The van der Waals surface area contributed by atoms with Gasteiger partial charge >= 0.3 is 6.18 Å². The van der Waals surface area contributed by atoms with Crippen molar-refractivity contribution in [2.45, 2.75) is 43.7 Å². The standard InChI is InChI=1S/C17H21F3N2O3S/c1-3-4-5-6-9-21-26(24,25)12-7-8-15-13(10-12)14(17(18,19)20)11-16(23)22(15)2/h7-8,10-11,21H,3-6,9H2,1-2H3. The van der Waals surface area contributed by atoms with Crippen LogP contribution in [0.3, 0.4) is 0 Å². The molecule has 0 aliphatic rings. The number of rotatable bonds is 7. The third kappa shape index (κ3) is 4.45. The van der Waals surface area contributed by atoms with Crippen LogP contribution in [-0.2, 0) is 23.2 Å². The van der Waals surface area contributed by atoms with Crippen LogP contribution in [0, 0.1) is 0 Å². The monoisotopic (exact) mass is 390 g/mol. The summed E-state index contributed by atoms with van der Waals surface area (Å²) in [5, 5.41) is -0.326. The first-order chi connectivity index (χ1) is 12.1. The molecule has 0 saturated heterocycles. The molecule has 0 fully saturated rings. The summed E-state index contributed by atoms with van der Waals surface area (Å²) >= 11 is 0. The molecule has 0 aliphatic heterocycles. The lowest BCUT2D eigenvalue weighted by Crippen LogP contribution is -2.25. The molecule has 0 bridgehead atoms. The number of hydrogen-bond acceptors (Lipinski definition) is 3. The van der Waals surface area contributed by atoms with Crippen molar-refractivity contribution in [1.82, 2.24) is 9.29 Å². The van der Waals surface area contributed by atoms with E-state index in [-0.39, 0.29) is 22.3 Å². The normalized spacial score (nSPS) is 12.7. The average molecular weight is 390 g/mol. The van der Waals surface area contributed by atoms with E-state index in [2.05, 4.69) is 4.72 Å². The Hall–Kier alpha value is -1.87. The third-order valence-corrected chi connectivity index (χ3v) is 5.61. The van der Waals surface area contributed by atoms with Gasteiger partial charge in [-0.1, -0.05) is 26.2 Å². The zero-order chi connectivity index (χ0) is 19.5. The first-order valence-corrected chi connectivity index (χ1v) is 9.77. The molecule has 0 amide bonds. The van der Waals surface area contributed by atoms with Crippen molar-refractivity contribution in [1.29, 1.82) is 0 Å². The lowest BCUT2D eigenvalue weighted by atomic mass is 10.1. The van der Waals surface area contributed by atoms with E-state index in [1.165, 1.54) is 19.2 Å². The molecule has 1 aromatic carbocycles. The highest BCUT2D eigenvalue weighted by atomic mass is 32.2. The molecule has 1 N–H and O–H groups in total. The van der Waals surface area contributed by atoms with Crippen LogP contribution in [0.2, 0.25) is 0 Å². The summed E-state index contributed by atoms with van der Waals surface area (Å²) < 4.78 is 68.0. The summed E-state index contributed by atoms with van der Waals surface area (Å²) in [4.78, 5) is 11.5. The van der Waals surface area contributed by atoms with Crippen LogP contribution >= 0.6 is 0 Å². The van der Waals surface area contributed by atoms with Crippen molar-refractivity contribution < 1.29 is 21.6 Å². The molecule has 26 heavy (non-hydrogen) atoms. The number of sulfonamides is 1. The molecule has 0 spiro atoms. The molecule has 2 rings (SSSR count). The Morgan fingerprint density at radius 2 is 1.81 bits per heavy atom. The number of aryl methyl sites for hydroxylation is 1. The van der Waals surface area contributed by atoms with E-state index in [1.54, 1.807) is 0 Å². The Bertz CT molecular complexity index is 950. The lowest BCUT2D eigenvalue weighted by molar-refractivity contribution is -0.136. The van der Waals surface area contributed by atoms with Gasteiger partial charge in [0.2, 0.25) is 10.0 Å². The maximum Gasteiger partial charge on any atom is 0.417 e. The average Bonchev–Trinajstić information content (AvgIpc) is 2.56. The molecule has 9 heteroatoms. The van der Waals surface area contributed by atoms with Crippen molar-refractivity contribution in [3.8, 4) is 0 Å². The first-order valence-electron chi connectivity index (χ1n) is 8.28. The number of aromatic nitrogens is 1. The zero-order valence-corrected chi connectivity index (χ0v) is 15.4. The largest absolute Gasteiger partial charge is 0.417 e. The molecule has 5 nitrogen and oxygen atoms in total. The number of nitrogens with zero attached hydrogens (tertiary/aromatic N) is 1. The Balaban J connectivity index is 2.44. The van der Waals surface area contributed by atoms with E-state index in [0.717, 1.165) is 29.9 Å². The minimum Gasteiger partial charge on any atom is -0.311 e. The molecule has 0 saturated carbocycles. The maximum atomic E-state index is 13.3. The van der Waals surface area contributed by atoms with Crippen LogP contribution in [0.4, 0.5) is 13.2 Å². The highest BCUT2D eigenvalue weighted by molar-refractivity contribution is 7.89. The summed E-state index contributed by atoms with van der Waals surface area (Å²) in [6, 6.07) is 3.87. The number of nitrogens with one attached hydrogen (secondary N) is 1. The van der Waals surface area contributed by atoms with Crippen LogP contribution in [-0.4, -0.2) is 19.5 Å². The molecule has 2 aromatic rings. The number of fused-ring (bicyclic) bond motifs is 1. The van der Waals surface area contributed by atoms with Crippen LogP contribution < -0.4 is 10.3 Å². The molecule has 0 aliphatic carbocycles. The number of benzene rings is 1. The summed E-state index contributed by atoms with van der Waals surface area (Å²) in [7, 11) is -2.59. The number of alkyl halides is 3. The fraction of sp³-hybridized carbons (Fsp3) is 0.471. The van der Waals surface area contributed by atoms with E-state index >= 15 is 0 Å². The van der Waals surface area contributed by atoms with E-state index in [4.69, 9.17) is 0 Å². The van der Waals surface area contributed by atoms with Gasteiger partial charge in [-0.2, -0.15) is 13.2 Å². The number of halogens is 3. The molecule has 0 radical (unpaired) electrons. The molecule has 0 unspecified atom stereocenters. The van der Waals surface area contributed by atoms with Gasteiger partial charge in [-0.25, -0.2) is 13.1 Å². The predicted octanol–water partition coefficient (Wildman–Crippen LogP) is 3.42. The first kappa shape index (κ1) is 20.4. The summed E-state index contributed by atoms with van der Waals surface area (Å²) in [5.74, 6) is 0. The van der Waals surface area contributed by atoms with E-state index in [9.17, 15) is 26.4 Å². The van der Waals surface area contributed by atoms with Gasteiger partial charge in [0, 0.05) is 25.0 Å². The molecule has 1 heterocycles. The Kier molecular flexibility index (Phi) is 6.13. The van der Waals surface area contributed by atoms with Crippen LogP contribution in [0.25, 0.3) is 10.9 Å². The Morgan fingerprint density at radius 3 is 2.42 bits per heavy atom. The molecule has 144 valence electrons. The van der Waals surface area contributed by atoms with Gasteiger partial charge in [0.05, 0.1) is 16.0 Å². The summed E-state index contributed by atoms with van der Waals surface area (Å²) in [6.45, 7) is 2.25. The van der Waals surface area contributed by atoms with Gasteiger partial charge < -0.3 is 4.57 Å². The van der Waals surface area contributed by atoms with Crippen molar-refractivity contribution >= 4 is 20.9 Å². The van der Waals surface area contributed by atoms with Crippen molar-refractivity contribution in [3.05, 3.63) is 40.2 Å². The Morgan fingerprint density at radius 1 is 1.12 bits per heavy atom. The van der Waals surface area contributed by atoms with Crippen molar-refractivity contribution in [3.63, 3.8) is 0 Å². The maximum absolute atomic E-state index is 13.3. The van der Waals surface area contributed by atoms with Gasteiger partial charge in [0.1, 0.15) is 0 Å². The minimum absolute atomic E-state index is 0.0201. The summed E-state index contributed by atoms with van der Waals surface area (Å²) in [6.07, 6.45) is -1.24. The van der Waals surface area contributed by atoms with E-state index in [1.807, 2.05) is 6.92 Å². The third-order valence-electron chi connectivity index (χ3n) is 4.16. The van der Waals surface area contributed by atoms with Crippen LogP contribution in [0.15, 0.2) is 34.0 Å². The predicted molar refractivity (Wildman–Crippen MR) is 93.5 cm³/mol. The quantitative estimate of drug-likeness (QED) is 0.737. The second-order valence-corrected chi connectivity index (χ2v) is 7.86. The van der Waals surface area contributed by atoms with E-state index < -0.39 is 27.3 Å². The molecule has 0 atom stereocenters. The highest BCUT2D eigenvalue weighted by Gasteiger charge is 2.34. The van der Waals surface area contributed by atoms with Gasteiger partial charge in [-0.15, -0.1) is 0 Å². The van der Waals surface area contributed by atoms with Crippen molar-refractivity contribution in [2.75, 3.05) is 6.54 Å². The minimum atomic E-state index is -4.76.